The smallest absolute Gasteiger partial charge is 0.254 e. The van der Waals surface area contributed by atoms with Gasteiger partial charge in [-0.25, -0.2) is 13.4 Å². The highest BCUT2D eigenvalue weighted by Gasteiger charge is 2.33. The van der Waals surface area contributed by atoms with Crippen LogP contribution < -0.4 is 0 Å². The Balaban J connectivity index is 1.38. The maximum absolute atomic E-state index is 13.2. The van der Waals surface area contributed by atoms with Crippen LogP contribution in [0.15, 0.2) is 53.4 Å². The van der Waals surface area contributed by atoms with Gasteiger partial charge in [0.1, 0.15) is 5.01 Å². The number of sulfonamides is 1. The summed E-state index contributed by atoms with van der Waals surface area (Å²) in [6.45, 7) is 1.83. The van der Waals surface area contributed by atoms with Crippen molar-refractivity contribution in [2.45, 2.75) is 36.6 Å². The Hall–Kier alpha value is -2.29. The molecule has 0 bridgehead atoms. The molecule has 3 aromatic rings. The fourth-order valence-electron chi connectivity index (χ4n) is 4.31. The van der Waals surface area contributed by atoms with Crippen molar-refractivity contribution in [3.63, 3.8) is 0 Å². The van der Waals surface area contributed by atoms with Gasteiger partial charge in [-0.05, 0) is 62.1 Å². The number of carbonyl (C=O) groups is 1. The summed E-state index contributed by atoms with van der Waals surface area (Å²) in [5, 5.41) is 0.968. The molecule has 2 fully saturated rings. The van der Waals surface area contributed by atoms with E-state index in [9.17, 15) is 13.2 Å². The SMILES string of the molecule is O=C(c1ccc(S(=O)(=O)N2CCCC2)cc1)N1CCC[C@H]1c1nc2ccccc2s1. The molecule has 2 aliphatic rings. The molecule has 3 heterocycles. The Kier molecular flexibility index (Phi) is 5.08. The van der Waals surface area contributed by atoms with E-state index in [2.05, 4.69) is 6.07 Å². The average Bonchev–Trinajstić information content (AvgIpc) is 3.53. The van der Waals surface area contributed by atoms with Crippen molar-refractivity contribution in [2.24, 2.45) is 0 Å². The molecule has 0 saturated carbocycles. The summed E-state index contributed by atoms with van der Waals surface area (Å²) in [5.41, 5.74) is 1.48. The van der Waals surface area contributed by atoms with Gasteiger partial charge in [0, 0.05) is 25.2 Å². The monoisotopic (exact) mass is 441 g/mol. The van der Waals surface area contributed by atoms with Gasteiger partial charge in [-0.3, -0.25) is 4.79 Å². The van der Waals surface area contributed by atoms with Crippen LogP contribution in [-0.2, 0) is 10.0 Å². The third-order valence-electron chi connectivity index (χ3n) is 5.91. The minimum absolute atomic E-state index is 0.0251. The van der Waals surface area contributed by atoms with Crippen molar-refractivity contribution in [3.8, 4) is 0 Å². The van der Waals surface area contributed by atoms with Crippen LogP contribution >= 0.6 is 11.3 Å². The lowest BCUT2D eigenvalue weighted by Crippen LogP contribution is -2.31. The van der Waals surface area contributed by atoms with Crippen LogP contribution in [0, 0.1) is 0 Å². The fourth-order valence-corrected chi connectivity index (χ4v) is 6.94. The molecule has 0 spiro atoms. The number of hydrogen-bond donors (Lipinski definition) is 0. The number of fused-ring (bicyclic) bond motifs is 1. The predicted octanol–water partition coefficient (Wildman–Crippen LogP) is 4.06. The number of hydrogen-bond acceptors (Lipinski definition) is 5. The van der Waals surface area contributed by atoms with Crippen molar-refractivity contribution in [1.82, 2.24) is 14.2 Å². The second kappa shape index (κ2) is 7.76. The molecule has 2 aromatic carbocycles. The van der Waals surface area contributed by atoms with Gasteiger partial charge in [-0.2, -0.15) is 4.31 Å². The van der Waals surface area contributed by atoms with Crippen LogP contribution in [0.1, 0.15) is 47.1 Å². The van der Waals surface area contributed by atoms with E-state index >= 15 is 0 Å². The number of para-hydroxylation sites is 1. The van der Waals surface area contributed by atoms with Crippen LogP contribution in [0.4, 0.5) is 0 Å². The van der Waals surface area contributed by atoms with Gasteiger partial charge in [0.15, 0.2) is 0 Å². The zero-order valence-electron chi connectivity index (χ0n) is 16.5. The van der Waals surface area contributed by atoms with Gasteiger partial charge < -0.3 is 4.90 Å². The first kappa shape index (κ1) is 19.7. The first-order chi connectivity index (χ1) is 14.5. The number of amides is 1. The summed E-state index contributed by atoms with van der Waals surface area (Å²) in [6, 6.07) is 14.4. The van der Waals surface area contributed by atoms with Gasteiger partial charge in [0.2, 0.25) is 10.0 Å². The molecule has 0 radical (unpaired) electrons. The highest BCUT2D eigenvalue weighted by atomic mass is 32.2. The molecule has 30 heavy (non-hydrogen) atoms. The van der Waals surface area contributed by atoms with Crippen LogP contribution in [0.25, 0.3) is 10.2 Å². The molecule has 2 aliphatic heterocycles. The van der Waals surface area contributed by atoms with E-state index in [0.717, 1.165) is 40.9 Å². The minimum Gasteiger partial charge on any atom is -0.329 e. The number of benzene rings is 2. The summed E-state index contributed by atoms with van der Waals surface area (Å²) in [4.78, 5) is 20.1. The van der Waals surface area contributed by atoms with Crippen molar-refractivity contribution in [2.75, 3.05) is 19.6 Å². The maximum atomic E-state index is 13.2. The topological polar surface area (TPSA) is 70.6 Å². The average molecular weight is 442 g/mol. The van der Waals surface area contributed by atoms with E-state index in [0.29, 0.717) is 25.2 Å². The van der Waals surface area contributed by atoms with E-state index in [1.54, 1.807) is 35.6 Å². The molecular weight excluding hydrogens is 418 g/mol. The summed E-state index contributed by atoms with van der Waals surface area (Å²) < 4.78 is 28.1. The van der Waals surface area contributed by atoms with E-state index in [4.69, 9.17) is 4.98 Å². The largest absolute Gasteiger partial charge is 0.329 e. The lowest BCUT2D eigenvalue weighted by molar-refractivity contribution is 0.0735. The molecule has 0 aliphatic carbocycles. The second-order valence-corrected chi connectivity index (χ2v) is 10.8. The number of rotatable bonds is 4. The number of aromatic nitrogens is 1. The highest BCUT2D eigenvalue weighted by Crippen LogP contribution is 2.37. The van der Waals surface area contributed by atoms with Crippen LogP contribution in [0.5, 0.6) is 0 Å². The number of carbonyl (C=O) groups excluding carboxylic acids is 1. The van der Waals surface area contributed by atoms with Crippen molar-refractivity contribution >= 4 is 37.5 Å². The Labute approximate surface area is 180 Å². The molecule has 2 saturated heterocycles. The van der Waals surface area contributed by atoms with Gasteiger partial charge in [0.05, 0.1) is 21.2 Å². The number of likely N-dealkylation sites (tertiary alicyclic amines) is 1. The third-order valence-corrected chi connectivity index (χ3v) is 8.96. The van der Waals surface area contributed by atoms with Gasteiger partial charge >= 0.3 is 0 Å². The Bertz CT molecular complexity index is 1150. The van der Waals surface area contributed by atoms with Crippen molar-refractivity contribution < 1.29 is 13.2 Å². The second-order valence-electron chi connectivity index (χ2n) is 7.81. The molecule has 1 atom stereocenters. The van der Waals surface area contributed by atoms with Gasteiger partial charge in [-0.15, -0.1) is 11.3 Å². The maximum Gasteiger partial charge on any atom is 0.254 e. The molecule has 156 valence electrons. The molecule has 5 rings (SSSR count). The highest BCUT2D eigenvalue weighted by molar-refractivity contribution is 7.89. The quantitative estimate of drug-likeness (QED) is 0.612. The van der Waals surface area contributed by atoms with Gasteiger partial charge in [0.25, 0.3) is 5.91 Å². The molecule has 1 aromatic heterocycles. The van der Waals surface area contributed by atoms with E-state index in [1.807, 2.05) is 23.1 Å². The van der Waals surface area contributed by atoms with Crippen LogP contribution in [-0.4, -0.2) is 48.1 Å². The molecule has 8 heteroatoms. The van der Waals surface area contributed by atoms with E-state index in [1.165, 1.54) is 4.31 Å². The summed E-state index contributed by atoms with van der Waals surface area (Å²) in [5.74, 6) is -0.0677. The Morgan fingerprint density at radius 3 is 2.43 bits per heavy atom. The molecule has 0 N–H and O–H groups in total. The lowest BCUT2D eigenvalue weighted by Gasteiger charge is -2.23. The third kappa shape index (κ3) is 3.42. The molecule has 0 unspecified atom stereocenters. The van der Waals surface area contributed by atoms with Crippen LogP contribution in [0.2, 0.25) is 0 Å². The van der Waals surface area contributed by atoms with Crippen molar-refractivity contribution in [1.29, 1.82) is 0 Å². The number of nitrogens with zero attached hydrogens (tertiary/aromatic N) is 3. The van der Waals surface area contributed by atoms with E-state index in [-0.39, 0.29) is 16.8 Å². The van der Waals surface area contributed by atoms with Crippen LogP contribution in [0.3, 0.4) is 0 Å². The fraction of sp³-hybridized carbons (Fsp3) is 0.364. The zero-order chi connectivity index (χ0) is 20.7. The molecular formula is C22H23N3O3S2. The zero-order valence-corrected chi connectivity index (χ0v) is 18.2. The van der Waals surface area contributed by atoms with E-state index < -0.39 is 10.0 Å². The summed E-state index contributed by atoms with van der Waals surface area (Å²) in [6.07, 6.45) is 3.64. The Morgan fingerprint density at radius 1 is 0.967 bits per heavy atom. The summed E-state index contributed by atoms with van der Waals surface area (Å²) >= 11 is 1.64. The van der Waals surface area contributed by atoms with Gasteiger partial charge in [-0.1, -0.05) is 12.1 Å². The minimum atomic E-state index is -3.47. The molecule has 6 nitrogen and oxygen atoms in total. The first-order valence-corrected chi connectivity index (χ1v) is 12.6. The molecule has 1 amide bonds. The predicted molar refractivity (Wildman–Crippen MR) is 117 cm³/mol. The van der Waals surface area contributed by atoms with Crippen molar-refractivity contribution in [3.05, 3.63) is 59.1 Å². The lowest BCUT2D eigenvalue weighted by atomic mass is 10.1. The Morgan fingerprint density at radius 2 is 1.70 bits per heavy atom. The normalized spacial score (nSPS) is 20.3. The first-order valence-electron chi connectivity index (χ1n) is 10.3. The summed E-state index contributed by atoms with van der Waals surface area (Å²) in [7, 11) is -3.47. The number of thiazole rings is 1. The standard InChI is InChI=1S/C22H23N3O3S2/c26-22(16-9-11-17(12-10-16)30(27,28)24-13-3-4-14-24)25-15-5-7-19(25)21-23-18-6-1-2-8-20(18)29-21/h1-2,6,8-12,19H,3-5,7,13-15H2/t19-/m0/s1.